The first-order chi connectivity index (χ1) is 10.6. The van der Waals surface area contributed by atoms with Crippen molar-refractivity contribution >= 4 is 10.1 Å². The fraction of sp³-hybridized carbons (Fsp3) is 0.200. The van der Waals surface area contributed by atoms with Crippen LogP contribution in [0, 0.1) is 6.92 Å². The number of hydrogen-bond donors (Lipinski definition) is 0. The van der Waals surface area contributed by atoms with Crippen LogP contribution in [-0.4, -0.2) is 15.5 Å². The van der Waals surface area contributed by atoms with Crippen molar-refractivity contribution in [2.24, 2.45) is 0 Å². The molecule has 0 amide bonds. The third-order valence-corrected chi connectivity index (χ3v) is 4.31. The number of ether oxygens (including phenoxy) is 1. The highest BCUT2D eigenvalue weighted by Crippen LogP contribution is 2.33. The molecule has 0 bridgehead atoms. The lowest BCUT2D eigenvalue weighted by Crippen LogP contribution is -2.13. The zero-order chi connectivity index (χ0) is 17.3. The highest BCUT2D eigenvalue weighted by Gasteiger charge is 2.34. The fourth-order valence-electron chi connectivity index (χ4n) is 1.87. The Balaban J connectivity index is 2.35. The lowest BCUT2D eigenvalue weighted by molar-refractivity contribution is -0.138. The van der Waals surface area contributed by atoms with E-state index in [1.807, 2.05) is 0 Å². The van der Waals surface area contributed by atoms with E-state index in [-0.39, 0.29) is 11.3 Å². The molecule has 0 N–H and O–H groups in total. The quantitative estimate of drug-likeness (QED) is 0.791. The number of benzene rings is 2. The van der Waals surface area contributed by atoms with Crippen LogP contribution < -0.4 is 8.92 Å². The molecule has 0 saturated carbocycles. The van der Waals surface area contributed by atoms with Gasteiger partial charge in [0, 0.05) is 0 Å². The molecule has 124 valence electrons. The van der Waals surface area contributed by atoms with E-state index in [1.165, 1.54) is 38.3 Å². The molecule has 23 heavy (non-hydrogen) atoms. The predicted molar refractivity (Wildman–Crippen MR) is 77.0 cm³/mol. The number of methoxy groups -OCH3 is 1. The number of alkyl halides is 3. The van der Waals surface area contributed by atoms with Gasteiger partial charge >= 0.3 is 16.3 Å². The predicted octanol–water partition coefficient (Wildman–Crippen LogP) is 3.79. The van der Waals surface area contributed by atoms with Crippen LogP contribution in [0.2, 0.25) is 0 Å². The van der Waals surface area contributed by atoms with Crippen molar-refractivity contribution in [2.45, 2.75) is 18.0 Å². The van der Waals surface area contributed by atoms with E-state index in [4.69, 9.17) is 8.92 Å². The zero-order valence-corrected chi connectivity index (χ0v) is 13.0. The molecule has 0 unspecified atom stereocenters. The summed E-state index contributed by atoms with van der Waals surface area (Å²) in [6.07, 6.45) is -4.64. The summed E-state index contributed by atoms with van der Waals surface area (Å²) in [7, 11) is -2.93. The maximum Gasteiger partial charge on any atom is 0.416 e. The van der Waals surface area contributed by atoms with Crippen molar-refractivity contribution in [3.8, 4) is 11.5 Å². The van der Waals surface area contributed by atoms with Gasteiger partial charge in [-0.3, -0.25) is 0 Å². The average Bonchev–Trinajstić information content (AvgIpc) is 2.46. The number of hydrogen-bond acceptors (Lipinski definition) is 4. The fourth-order valence-corrected chi connectivity index (χ4v) is 2.83. The molecule has 0 aromatic heterocycles. The summed E-state index contributed by atoms with van der Waals surface area (Å²) < 4.78 is 72.6. The van der Waals surface area contributed by atoms with E-state index in [9.17, 15) is 21.6 Å². The first-order valence-electron chi connectivity index (χ1n) is 6.40. The molecule has 0 aliphatic rings. The Morgan fingerprint density at radius 2 is 1.52 bits per heavy atom. The van der Waals surface area contributed by atoms with Crippen LogP contribution in [0.25, 0.3) is 0 Å². The van der Waals surface area contributed by atoms with Crippen LogP contribution in [0.4, 0.5) is 13.2 Å². The van der Waals surface area contributed by atoms with E-state index in [1.54, 1.807) is 0 Å². The molecular weight excluding hydrogens is 333 g/mol. The first kappa shape index (κ1) is 17.1. The molecule has 0 atom stereocenters. The standard InChI is InChI=1S/C15H13F3O4S/c1-10-3-8-13(9-14(10)15(16,17)18)23(19,20)22-12-6-4-11(21-2)5-7-12/h3-9H,1-2H3. The zero-order valence-electron chi connectivity index (χ0n) is 12.2. The van der Waals surface area contributed by atoms with Crippen LogP contribution in [0.15, 0.2) is 47.4 Å². The second kappa shape index (κ2) is 6.11. The molecule has 0 aliphatic heterocycles. The molecule has 0 aliphatic carbocycles. The van der Waals surface area contributed by atoms with Crippen molar-refractivity contribution in [1.29, 1.82) is 0 Å². The van der Waals surface area contributed by atoms with Crippen molar-refractivity contribution in [2.75, 3.05) is 7.11 Å². The van der Waals surface area contributed by atoms with Gasteiger partial charge in [-0.05, 0) is 48.9 Å². The highest BCUT2D eigenvalue weighted by molar-refractivity contribution is 7.87. The third kappa shape index (κ3) is 3.95. The topological polar surface area (TPSA) is 52.6 Å². The first-order valence-corrected chi connectivity index (χ1v) is 7.81. The molecule has 4 nitrogen and oxygen atoms in total. The minimum absolute atomic E-state index is 0.0278. The van der Waals surface area contributed by atoms with Gasteiger partial charge in [0.05, 0.1) is 12.7 Å². The number of rotatable bonds is 4. The van der Waals surface area contributed by atoms with Crippen molar-refractivity contribution in [3.05, 3.63) is 53.6 Å². The monoisotopic (exact) mass is 346 g/mol. The van der Waals surface area contributed by atoms with E-state index in [0.29, 0.717) is 11.8 Å². The van der Waals surface area contributed by atoms with E-state index in [2.05, 4.69) is 0 Å². The second-order valence-electron chi connectivity index (χ2n) is 4.69. The van der Waals surface area contributed by atoms with Gasteiger partial charge in [-0.2, -0.15) is 21.6 Å². The number of halogens is 3. The Morgan fingerprint density at radius 3 is 2.04 bits per heavy atom. The van der Waals surface area contributed by atoms with Gasteiger partial charge in [0.25, 0.3) is 0 Å². The summed E-state index contributed by atoms with van der Waals surface area (Å²) in [5, 5.41) is 0. The smallest absolute Gasteiger partial charge is 0.416 e. The SMILES string of the molecule is COc1ccc(OS(=O)(=O)c2ccc(C)c(C(F)(F)F)c2)cc1. The Bertz CT molecular complexity index is 796. The summed E-state index contributed by atoms with van der Waals surface area (Å²) in [6.45, 7) is 1.25. The molecule has 0 fully saturated rings. The summed E-state index contributed by atoms with van der Waals surface area (Å²) in [4.78, 5) is -0.564. The van der Waals surface area contributed by atoms with Gasteiger partial charge < -0.3 is 8.92 Å². The molecule has 0 radical (unpaired) electrons. The molecular formula is C15H13F3O4S. The Kier molecular flexibility index (Phi) is 4.56. The van der Waals surface area contributed by atoms with Crippen LogP contribution in [0.3, 0.4) is 0 Å². The summed E-state index contributed by atoms with van der Waals surface area (Å²) in [6, 6.07) is 8.36. The van der Waals surface area contributed by atoms with E-state index < -0.39 is 26.8 Å². The molecule has 2 rings (SSSR count). The summed E-state index contributed by atoms with van der Waals surface area (Å²) in [5.41, 5.74) is -1.09. The van der Waals surface area contributed by atoms with Crippen molar-refractivity contribution in [3.63, 3.8) is 0 Å². The molecule has 0 spiro atoms. The van der Waals surface area contributed by atoms with Gasteiger partial charge in [0.15, 0.2) is 0 Å². The molecule has 2 aromatic carbocycles. The molecule has 2 aromatic rings. The lowest BCUT2D eigenvalue weighted by atomic mass is 10.1. The highest BCUT2D eigenvalue weighted by atomic mass is 32.2. The Labute approximate surface area is 131 Å². The van der Waals surface area contributed by atoms with Gasteiger partial charge in [-0.25, -0.2) is 0 Å². The molecule has 0 heterocycles. The minimum Gasteiger partial charge on any atom is -0.497 e. The molecule has 0 saturated heterocycles. The molecule has 8 heteroatoms. The number of aryl methyl sites for hydroxylation is 1. The normalized spacial score (nSPS) is 12.0. The van der Waals surface area contributed by atoms with Gasteiger partial charge in [0.1, 0.15) is 16.4 Å². The van der Waals surface area contributed by atoms with Gasteiger partial charge in [-0.15, -0.1) is 0 Å². The van der Waals surface area contributed by atoms with E-state index in [0.717, 1.165) is 12.1 Å². The van der Waals surface area contributed by atoms with Crippen LogP contribution in [0.5, 0.6) is 11.5 Å². The van der Waals surface area contributed by atoms with E-state index >= 15 is 0 Å². The lowest BCUT2D eigenvalue weighted by Gasteiger charge is -2.13. The van der Waals surface area contributed by atoms with Crippen molar-refractivity contribution in [1.82, 2.24) is 0 Å². The maximum atomic E-state index is 12.9. The Morgan fingerprint density at radius 1 is 0.957 bits per heavy atom. The van der Waals surface area contributed by atoms with Gasteiger partial charge in [0.2, 0.25) is 0 Å². The van der Waals surface area contributed by atoms with Crippen LogP contribution in [-0.2, 0) is 16.3 Å². The Hall–Kier alpha value is -2.22. The largest absolute Gasteiger partial charge is 0.497 e. The third-order valence-electron chi connectivity index (χ3n) is 3.07. The minimum atomic E-state index is -4.64. The second-order valence-corrected chi connectivity index (χ2v) is 6.23. The summed E-state index contributed by atoms with van der Waals surface area (Å²) in [5.74, 6) is 0.462. The van der Waals surface area contributed by atoms with Gasteiger partial charge in [-0.1, -0.05) is 6.07 Å². The summed E-state index contributed by atoms with van der Waals surface area (Å²) >= 11 is 0. The average molecular weight is 346 g/mol. The van der Waals surface area contributed by atoms with Crippen molar-refractivity contribution < 1.29 is 30.5 Å². The maximum absolute atomic E-state index is 12.9. The van der Waals surface area contributed by atoms with Crippen LogP contribution in [0.1, 0.15) is 11.1 Å². The van der Waals surface area contributed by atoms with Crippen LogP contribution >= 0.6 is 0 Å².